The fourth-order valence-electron chi connectivity index (χ4n) is 1.86. The lowest BCUT2D eigenvalue weighted by molar-refractivity contribution is 0.601. The number of benzene rings is 1. The number of nitrogens with zero attached hydrogens (tertiary/aromatic N) is 3. The Bertz CT molecular complexity index is 851. The largest absolute Gasteiger partial charge is 0.280 e. The molecule has 0 atom stereocenters. The van der Waals surface area contributed by atoms with E-state index in [9.17, 15) is 8.42 Å². The van der Waals surface area contributed by atoms with Crippen LogP contribution in [0.2, 0.25) is 0 Å². The molecule has 0 saturated heterocycles. The summed E-state index contributed by atoms with van der Waals surface area (Å²) in [6, 6.07) is 11.7. The smallest absolute Gasteiger partial charge is 0.263 e. The molecule has 110 valence electrons. The van der Waals surface area contributed by atoms with E-state index in [1.54, 1.807) is 48.8 Å². The van der Waals surface area contributed by atoms with Gasteiger partial charge in [-0.15, -0.1) is 0 Å². The highest BCUT2D eigenvalue weighted by atomic mass is 32.2. The van der Waals surface area contributed by atoms with Gasteiger partial charge in [0, 0.05) is 36.0 Å². The molecule has 0 amide bonds. The zero-order valence-electron chi connectivity index (χ0n) is 11.4. The molecule has 0 radical (unpaired) electrons. The van der Waals surface area contributed by atoms with E-state index in [1.165, 1.54) is 18.5 Å². The number of sulfonamides is 1. The predicted octanol–water partition coefficient (Wildman–Crippen LogP) is 2.34. The highest BCUT2D eigenvalue weighted by Gasteiger charge is 2.13. The van der Waals surface area contributed by atoms with Gasteiger partial charge >= 0.3 is 0 Å². The van der Waals surface area contributed by atoms with Crippen molar-refractivity contribution in [1.82, 2.24) is 15.0 Å². The molecule has 1 N–H and O–H groups in total. The lowest BCUT2D eigenvalue weighted by Crippen LogP contribution is -2.12. The molecule has 0 aliphatic heterocycles. The molecular weight excluding hydrogens is 300 g/mol. The number of hydrogen-bond donors (Lipinski definition) is 1. The van der Waals surface area contributed by atoms with E-state index in [-0.39, 0.29) is 4.90 Å². The first-order valence-corrected chi connectivity index (χ1v) is 7.94. The normalized spacial score (nSPS) is 11.1. The maximum Gasteiger partial charge on any atom is 0.263 e. The van der Waals surface area contributed by atoms with Crippen LogP contribution in [0.3, 0.4) is 0 Å². The summed E-state index contributed by atoms with van der Waals surface area (Å²) in [7, 11) is -3.63. The number of nitrogens with one attached hydrogen (secondary N) is 1. The molecule has 7 heteroatoms. The summed E-state index contributed by atoms with van der Waals surface area (Å²) in [6.07, 6.45) is 6.13. The van der Waals surface area contributed by atoms with Crippen LogP contribution >= 0.6 is 0 Å². The average Bonchev–Trinajstić information content (AvgIpc) is 2.57. The Kier molecular flexibility index (Phi) is 3.80. The molecular formula is C15H12N4O2S. The molecule has 0 fully saturated rings. The molecule has 1 aromatic carbocycles. The first kappa shape index (κ1) is 14.2. The van der Waals surface area contributed by atoms with E-state index in [2.05, 4.69) is 19.7 Å². The Labute approximate surface area is 128 Å². The summed E-state index contributed by atoms with van der Waals surface area (Å²) in [5, 5.41) is 0. The van der Waals surface area contributed by atoms with E-state index >= 15 is 0 Å². The quantitative estimate of drug-likeness (QED) is 0.799. The highest BCUT2D eigenvalue weighted by Crippen LogP contribution is 2.19. The molecule has 3 aromatic rings. The number of rotatable bonds is 4. The summed E-state index contributed by atoms with van der Waals surface area (Å²) >= 11 is 0. The van der Waals surface area contributed by atoms with Gasteiger partial charge in [0.25, 0.3) is 10.0 Å². The van der Waals surface area contributed by atoms with Gasteiger partial charge in [-0.3, -0.25) is 9.71 Å². The van der Waals surface area contributed by atoms with Crippen LogP contribution < -0.4 is 4.72 Å². The van der Waals surface area contributed by atoms with Gasteiger partial charge in [-0.05, 0) is 42.5 Å². The lowest BCUT2D eigenvalue weighted by atomic mass is 10.2. The van der Waals surface area contributed by atoms with E-state index in [0.717, 1.165) is 5.56 Å². The maximum absolute atomic E-state index is 12.2. The van der Waals surface area contributed by atoms with Crippen LogP contribution in [0.5, 0.6) is 0 Å². The number of pyridine rings is 1. The Morgan fingerprint density at radius 3 is 2.23 bits per heavy atom. The Balaban J connectivity index is 1.83. The third-order valence-corrected chi connectivity index (χ3v) is 4.27. The van der Waals surface area contributed by atoms with Crippen LogP contribution in [0, 0.1) is 0 Å². The first-order chi connectivity index (χ1) is 10.6. The van der Waals surface area contributed by atoms with E-state index in [4.69, 9.17) is 0 Å². The zero-order chi connectivity index (χ0) is 15.4. The van der Waals surface area contributed by atoms with Crippen molar-refractivity contribution in [2.75, 3.05) is 4.72 Å². The topological polar surface area (TPSA) is 84.8 Å². The second-order valence-corrected chi connectivity index (χ2v) is 6.13. The van der Waals surface area contributed by atoms with Gasteiger partial charge in [-0.25, -0.2) is 18.4 Å². The maximum atomic E-state index is 12.2. The van der Waals surface area contributed by atoms with E-state index < -0.39 is 10.0 Å². The Morgan fingerprint density at radius 1 is 0.864 bits per heavy atom. The predicted molar refractivity (Wildman–Crippen MR) is 82.5 cm³/mol. The van der Waals surface area contributed by atoms with Crippen LogP contribution in [0.15, 0.2) is 72.1 Å². The minimum atomic E-state index is -3.63. The number of hydrogen-bond acceptors (Lipinski definition) is 5. The van der Waals surface area contributed by atoms with Gasteiger partial charge in [0.1, 0.15) is 4.90 Å². The SMILES string of the molecule is O=S(=O)(Nc1ccc(-c2ncccn2)cc1)c1cccnc1. The summed E-state index contributed by atoms with van der Waals surface area (Å²) in [6.45, 7) is 0. The van der Waals surface area contributed by atoms with Crippen LogP contribution in [-0.4, -0.2) is 23.4 Å². The van der Waals surface area contributed by atoms with Crippen molar-refractivity contribution in [3.63, 3.8) is 0 Å². The summed E-state index contributed by atoms with van der Waals surface area (Å²) in [5.41, 5.74) is 1.27. The second-order valence-electron chi connectivity index (χ2n) is 4.44. The van der Waals surface area contributed by atoms with Gasteiger partial charge in [-0.2, -0.15) is 0 Å². The Morgan fingerprint density at radius 2 is 1.59 bits per heavy atom. The zero-order valence-corrected chi connectivity index (χ0v) is 12.2. The molecule has 0 bridgehead atoms. The van der Waals surface area contributed by atoms with Crippen LogP contribution in [0.25, 0.3) is 11.4 Å². The third kappa shape index (κ3) is 3.09. The second kappa shape index (κ2) is 5.90. The van der Waals surface area contributed by atoms with Crippen molar-refractivity contribution >= 4 is 15.7 Å². The molecule has 2 aromatic heterocycles. The molecule has 0 unspecified atom stereocenters. The van der Waals surface area contributed by atoms with E-state index in [1.807, 2.05) is 0 Å². The van der Waals surface area contributed by atoms with Crippen LogP contribution in [0.1, 0.15) is 0 Å². The first-order valence-electron chi connectivity index (χ1n) is 6.45. The van der Waals surface area contributed by atoms with Crippen LogP contribution in [-0.2, 0) is 10.0 Å². The fraction of sp³-hybridized carbons (Fsp3) is 0. The lowest BCUT2D eigenvalue weighted by Gasteiger charge is -2.08. The fourth-order valence-corrected chi connectivity index (χ4v) is 2.88. The van der Waals surface area contributed by atoms with Gasteiger partial charge in [0.2, 0.25) is 0 Å². The van der Waals surface area contributed by atoms with E-state index in [0.29, 0.717) is 11.5 Å². The standard InChI is InChI=1S/C15H12N4O2S/c20-22(21,14-3-1-8-16-11-14)19-13-6-4-12(5-7-13)15-17-9-2-10-18-15/h1-11,19H. The summed E-state index contributed by atoms with van der Waals surface area (Å²) in [5.74, 6) is 0.587. The van der Waals surface area contributed by atoms with Crippen LogP contribution in [0.4, 0.5) is 5.69 Å². The molecule has 2 heterocycles. The average molecular weight is 312 g/mol. The van der Waals surface area contributed by atoms with Gasteiger partial charge in [0.15, 0.2) is 5.82 Å². The van der Waals surface area contributed by atoms with Crippen molar-refractivity contribution in [1.29, 1.82) is 0 Å². The molecule has 3 rings (SSSR count). The minimum Gasteiger partial charge on any atom is -0.280 e. The third-order valence-electron chi connectivity index (χ3n) is 2.91. The molecule has 0 aliphatic carbocycles. The van der Waals surface area contributed by atoms with Crippen molar-refractivity contribution in [3.05, 3.63) is 67.3 Å². The number of aromatic nitrogens is 3. The molecule has 0 spiro atoms. The summed E-state index contributed by atoms with van der Waals surface area (Å²) in [4.78, 5) is 12.2. The molecule has 0 saturated carbocycles. The highest BCUT2D eigenvalue weighted by molar-refractivity contribution is 7.92. The van der Waals surface area contributed by atoms with Crippen molar-refractivity contribution in [3.8, 4) is 11.4 Å². The minimum absolute atomic E-state index is 0.116. The molecule has 0 aliphatic rings. The Hall–Kier alpha value is -2.80. The van der Waals surface area contributed by atoms with Crippen molar-refractivity contribution in [2.24, 2.45) is 0 Å². The summed E-state index contributed by atoms with van der Waals surface area (Å²) < 4.78 is 26.9. The number of anilines is 1. The van der Waals surface area contributed by atoms with Gasteiger partial charge < -0.3 is 0 Å². The van der Waals surface area contributed by atoms with Crippen molar-refractivity contribution < 1.29 is 8.42 Å². The van der Waals surface area contributed by atoms with Gasteiger partial charge in [0.05, 0.1) is 0 Å². The molecule has 6 nitrogen and oxygen atoms in total. The monoisotopic (exact) mass is 312 g/mol. The van der Waals surface area contributed by atoms with Gasteiger partial charge in [-0.1, -0.05) is 0 Å². The molecule has 22 heavy (non-hydrogen) atoms. The van der Waals surface area contributed by atoms with Crippen molar-refractivity contribution in [2.45, 2.75) is 4.90 Å².